The zero-order valence-corrected chi connectivity index (χ0v) is 16.8. The number of imidazole rings is 1. The molecule has 3 heterocycles. The summed E-state index contributed by atoms with van der Waals surface area (Å²) in [7, 11) is 1.84. The van der Waals surface area contributed by atoms with E-state index in [1.54, 1.807) is 17.4 Å². The zero-order chi connectivity index (χ0) is 20.3. The van der Waals surface area contributed by atoms with Crippen molar-refractivity contribution in [3.05, 3.63) is 48.5 Å². The molecule has 0 unspecified atom stereocenters. The largest absolute Gasteiger partial charge is 0.487 e. The number of ether oxygens (including phenoxy) is 1. The van der Waals surface area contributed by atoms with Crippen molar-refractivity contribution >= 4 is 11.8 Å². The number of para-hydroxylation sites is 1. The molecule has 2 aliphatic rings. The molecule has 1 fully saturated rings. The number of nitrogens with one attached hydrogen (secondary N) is 1. The molecule has 29 heavy (non-hydrogen) atoms. The minimum atomic E-state index is -0.413. The average Bonchev–Trinajstić information content (AvgIpc) is 3.19. The van der Waals surface area contributed by atoms with Crippen LogP contribution in [0.4, 0.5) is 0 Å². The molecule has 0 saturated carbocycles. The maximum Gasteiger partial charge on any atom is 0.222 e. The topological polar surface area (TPSA) is 76.5 Å². The van der Waals surface area contributed by atoms with Crippen molar-refractivity contribution in [2.45, 2.75) is 56.7 Å². The number of aromatic nitrogens is 2. The summed E-state index contributed by atoms with van der Waals surface area (Å²) in [5.41, 5.74) is 0.605. The maximum atomic E-state index is 12.7. The molecule has 7 nitrogen and oxygen atoms in total. The number of hydrogen-bond acceptors (Lipinski definition) is 4. The summed E-state index contributed by atoms with van der Waals surface area (Å²) in [6.07, 6.45) is 9.26. The van der Waals surface area contributed by atoms with Crippen LogP contribution < -0.4 is 10.1 Å². The summed E-state index contributed by atoms with van der Waals surface area (Å²) in [5, 5.41) is 3.23. The van der Waals surface area contributed by atoms with Gasteiger partial charge in [0, 0.05) is 63.8 Å². The first kappa shape index (κ1) is 19.5. The smallest absolute Gasteiger partial charge is 0.222 e. The predicted octanol–water partition coefficient (Wildman–Crippen LogP) is 2.68. The summed E-state index contributed by atoms with van der Waals surface area (Å²) in [4.78, 5) is 30.6. The van der Waals surface area contributed by atoms with E-state index in [9.17, 15) is 9.59 Å². The Bertz CT molecular complexity index is 867. The van der Waals surface area contributed by atoms with Crippen LogP contribution in [0.15, 0.2) is 43.0 Å². The van der Waals surface area contributed by atoms with Crippen molar-refractivity contribution in [1.82, 2.24) is 19.8 Å². The van der Waals surface area contributed by atoms with Crippen LogP contribution in [0.2, 0.25) is 0 Å². The zero-order valence-electron chi connectivity index (χ0n) is 16.8. The van der Waals surface area contributed by atoms with E-state index >= 15 is 0 Å². The van der Waals surface area contributed by atoms with Gasteiger partial charge in [-0.15, -0.1) is 0 Å². The van der Waals surface area contributed by atoms with Gasteiger partial charge in [-0.1, -0.05) is 18.2 Å². The van der Waals surface area contributed by atoms with Gasteiger partial charge in [0.15, 0.2) is 0 Å². The lowest BCUT2D eigenvalue weighted by atomic mass is 9.82. The highest BCUT2D eigenvalue weighted by Gasteiger charge is 2.43. The predicted molar refractivity (Wildman–Crippen MR) is 108 cm³/mol. The van der Waals surface area contributed by atoms with Crippen LogP contribution in [0.1, 0.15) is 50.1 Å². The molecule has 154 valence electrons. The van der Waals surface area contributed by atoms with Crippen molar-refractivity contribution < 1.29 is 14.3 Å². The SMILES string of the molecule is CN1CC[C@]2(CCC1=O)C[C@H](NC(=O)CCCn1ccnc1)c1ccccc1O2. The molecule has 0 bridgehead atoms. The van der Waals surface area contributed by atoms with Gasteiger partial charge in [-0.05, 0) is 18.9 Å². The van der Waals surface area contributed by atoms with Gasteiger partial charge >= 0.3 is 0 Å². The Kier molecular flexibility index (Phi) is 5.56. The van der Waals surface area contributed by atoms with E-state index in [1.807, 2.05) is 42.1 Å². The number of fused-ring (bicyclic) bond motifs is 1. The number of carbonyl (C=O) groups excluding carboxylic acids is 2. The summed E-state index contributed by atoms with van der Waals surface area (Å²) in [6, 6.07) is 7.81. The quantitative estimate of drug-likeness (QED) is 0.843. The summed E-state index contributed by atoms with van der Waals surface area (Å²) < 4.78 is 8.42. The molecule has 4 rings (SSSR count). The number of rotatable bonds is 5. The van der Waals surface area contributed by atoms with E-state index < -0.39 is 5.60 Å². The van der Waals surface area contributed by atoms with Crippen LogP contribution in [-0.2, 0) is 16.1 Å². The van der Waals surface area contributed by atoms with Crippen molar-refractivity contribution in [2.24, 2.45) is 0 Å². The summed E-state index contributed by atoms with van der Waals surface area (Å²) in [5.74, 6) is 1.02. The molecular weight excluding hydrogens is 368 g/mol. The fourth-order valence-electron chi connectivity index (χ4n) is 4.31. The number of amides is 2. The third-order valence-corrected chi connectivity index (χ3v) is 6.03. The Morgan fingerprint density at radius 2 is 2.21 bits per heavy atom. The number of carbonyl (C=O) groups is 2. The minimum Gasteiger partial charge on any atom is -0.487 e. The fraction of sp³-hybridized carbons (Fsp3) is 0.500. The first-order valence-corrected chi connectivity index (χ1v) is 10.3. The molecule has 2 amide bonds. The van der Waals surface area contributed by atoms with Gasteiger partial charge in [0.2, 0.25) is 11.8 Å². The van der Waals surface area contributed by atoms with E-state index in [0.717, 1.165) is 30.7 Å². The van der Waals surface area contributed by atoms with E-state index in [2.05, 4.69) is 10.3 Å². The highest BCUT2D eigenvalue weighted by atomic mass is 16.5. The molecule has 2 aromatic rings. The maximum absolute atomic E-state index is 12.7. The lowest BCUT2D eigenvalue weighted by Gasteiger charge is -2.42. The Hall–Kier alpha value is -2.83. The second kappa shape index (κ2) is 8.27. The van der Waals surface area contributed by atoms with Gasteiger partial charge in [0.1, 0.15) is 11.4 Å². The number of benzene rings is 1. The normalized spacial score (nSPS) is 24.0. The van der Waals surface area contributed by atoms with Gasteiger partial charge in [-0.2, -0.15) is 0 Å². The second-order valence-corrected chi connectivity index (χ2v) is 8.12. The van der Waals surface area contributed by atoms with Gasteiger partial charge in [0.25, 0.3) is 0 Å². The summed E-state index contributed by atoms with van der Waals surface area (Å²) in [6.45, 7) is 1.45. The first-order valence-electron chi connectivity index (χ1n) is 10.3. The minimum absolute atomic E-state index is 0.0452. The van der Waals surface area contributed by atoms with Crippen molar-refractivity contribution in [2.75, 3.05) is 13.6 Å². The number of hydrogen-bond donors (Lipinski definition) is 1. The van der Waals surface area contributed by atoms with Crippen LogP contribution in [0.25, 0.3) is 0 Å². The number of likely N-dealkylation sites (tertiary alicyclic amines) is 1. The van der Waals surface area contributed by atoms with Crippen molar-refractivity contribution in [3.63, 3.8) is 0 Å². The lowest BCUT2D eigenvalue weighted by Crippen LogP contribution is -2.45. The highest BCUT2D eigenvalue weighted by Crippen LogP contribution is 2.44. The number of nitrogens with zero attached hydrogens (tertiary/aromatic N) is 3. The lowest BCUT2D eigenvalue weighted by molar-refractivity contribution is -0.129. The molecule has 1 aromatic carbocycles. The van der Waals surface area contributed by atoms with Crippen LogP contribution in [0.3, 0.4) is 0 Å². The monoisotopic (exact) mass is 396 g/mol. The molecular formula is C22H28N4O3. The van der Waals surface area contributed by atoms with Crippen molar-refractivity contribution in [1.29, 1.82) is 0 Å². The fourth-order valence-corrected chi connectivity index (χ4v) is 4.31. The molecule has 0 radical (unpaired) electrons. The first-order chi connectivity index (χ1) is 14.0. The van der Waals surface area contributed by atoms with E-state index in [4.69, 9.17) is 4.74 Å². The number of aryl methyl sites for hydroxylation is 1. The third-order valence-electron chi connectivity index (χ3n) is 6.03. The molecule has 1 saturated heterocycles. The van der Waals surface area contributed by atoms with E-state index in [-0.39, 0.29) is 17.9 Å². The molecule has 2 aliphatic heterocycles. The molecule has 0 aliphatic carbocycles. The molecule has 1 spiro atoms. The van der Waals surface area contributed by atoms with Gasteiger partial charge in [-0.3, -0.25) is 9.59 Å². The van der Waals surface area contributed by atoms with Gasteiger partial charge < -0.3 is 19.5 Å². The third kappa shape index (κ3) is 4.44. The van der Waals surface area contributed by atoms with E-state index in [1.165, 1.54) is 0 Å². The van der Waals surface area contributed by atoms with Crippen molar-refractivity contribution in [3.8, 4) is 5.75 Å². The summed E-state index contributed by atoms with van der Waals surface area (Å²) >= 11 is 0. The Morgan fingerprint density at radius 3 is 3.03 bits per heavy atom. The van der Waals surface area contributed by atoms with E-state index in [0.29, 0.717) is 32.2 Å². The van der Waals surface area contributed by atoms with Crippen LogP contribution >= 0.6 is 0 Å². The van der Waals surface area contributed by atoms with Crippen LogP contribution in [0, 0.1) is 0 Å². The van der Waals surface area contributed by atoms with Gasteiger partial charge in [-0.25, -0.2) is 4.98 Å². The van der Waals surface area contributed by atoms with Crippen LogP contribution in [0.5, 0.6) is 5.75 Å². The molecule has 2 atom stereocenters. The standard InChI is InChI=1S/C22H28N4O3/c1-25-13-10-22(9-8-21(25)28)15-18(17-5-2-3-6-19(17)29-22)24-20(27)7-4-12-26-14-11-23-16-26/h2-3,5-6,11,14,16,18H,4,7-10,12-13,15H2,1H3,(H,24,27)/t18-,22+/m0/s1. The van der Waals surface area contributed by atoms with Crippen LogP contribution in [-0.4, -0.2) is 45.5 Å². The Balaban J connectivity index is 1.45. The second-order valence-electron chi connectivity index (χ2n) is 8.12. The Morgan fingerprint density at radius 1 is 1.34 bits per heavy atom. The molecule has 7 heteroatoms. The van der Waals surface area contributed by atoms with Gasteiger partial charge in [0.05, 0.1) is 12.4 Å². The molecule has 1 aromatic heterocycles. The molecule has 1 N–H and O–H groups in total. The Labute approximate surface area is 171 Å². The highest BCUT2D eigenvalue weighted by molar-refractivity contribution is 5.77. The average molecular weight is 396 g/mol.